The molecule has 0 bridgehead atoms. The van der Waals surface area contributed by atoms with Gasteiger partial charge in [-0.05, 0) is 25.0 Å². The molecule has 0 aliphatic heterocycles. The Morgan fingerprint density at radius 2 is 2.00 bits per heavy atom. The van der Waals surface area contributed by atoms with E-state index in [1.807, 2.05) is 13.8 Å². The number of nitrogens with zero attached hydrogens (tertiary/aromatic N) is 1. The second kappa shape index (κ2) is 7.92. The van der Waals surface area contributed by atoms with Crippen molar-refractivity contribution in [3.05, 3.63) is 40.4 Å². The number of amides is 1. The number of anilines is 1. The van der Waals surface area contributed by atoms with Crippen LogP contribution in [0.3, 0.4) is 0 Å². The number of rotatable bonds is 6. The van der Waals surface area contributed by atoms with Gasteiger partial charge in [-0.15, -0.1) is 0 Å². The Hall–Kier alpha value is -2.41. The van der Waals surface area contributed by atoms with E-state index in [4.69, 9.17) is 9.47 Å². The molecular weight excluding hydrogens is 328 g/mol. The number of carbonyl (C=O) groups is 2. The molecule has 0 aliphatic carbocycles. The fourth-order valence-corrected chi connectivity index (χ4v) is 2.80. The standard InChI is InChI=1S/C17H20N2O4S/c1-10(2)9-23-16(21)14-11(3)18-17(24-14)19-15(20)12-7-5-6-8-13(12)22-4/h5-8,10H,9H2,1-4H3,(H,18,19,20). The fraction of sp³-hybridized carbons (Fsp3) is 0.353. The average Bonchev–Trinajstić information content (AvgIpc) is 2.92. The van der Waals surface area contributed by atoms with E-state index in [0.717, 1.165) is 11.3 Å². The summed E-state index contributed by atoms with van der Waals surface area (Å²) in [4.78, 5) is 29.0. The molecule has 128 valence electrons. The van der Waals surface area contributed by atoms with E-state index in [2.05, 4.69) is 10.3 Å². The minimum atomic E-state index is -0.420. The lowest BCUT2D eigenvalue weighted by Gasteiger charge is -2.07. The molecule has 1 N–H and O–H groups in total. The van der Waals surface area contributed by atoms with Crippen molar-refractivity contribution >= 4 is 28.3 Å². The van der Waals surface area contributed by atoms with E-state index in [9.17, 15) is 9.59 Å². The van der Waals surface area contributed by atoms with Crippen LogP contribution in [0.5, 0.6) is 5.75 Å². The van der Waals surface area contributed by atoms with Crippen molar-refractivity contribution in [1.82, 2.24) is 4.98 Å². The van der Waals surface area contributed by atoms with Gasteiger partial charge in [0.25, 0.3) is 5.91 Å². The Morgan fingerprint density at radius 3 is 2.67 bits per heavy atom. The zero-order valence-electron chi connectivity index (χ0n) is 14.1. The lowest BCUT2D eigenvalue weighted by atomic mass is 10.2. The molecule has 0 spiro atoms. The van der Waals surface area contributed by atoms with Crippen LogP contribution in [0.2, 0.25) is 0 Å². The molecule has 1 heterocycles. The zero-order chi connectivity index (χ0) is 17.7. The molecule has 24 heavy (non-hydrogen) atoms. The normalized spacial score (nSPS) is 10.5. The topological polar surface area (TPSA) is 77.5 Å². The van der Waals surface area contributed by atoms with Gasteiger partial charge in [0, 0.05) is 0 Å². The highest BCUT2D eigenvalue weighted by Crippen LogP contribution is 2.25. The highest BCUT2D eigenvalue weighted by molar-refractivity contribution is 7.17. The first kappa shape index (κ1) is 17.9. The summed E-state index contributed by atoms with van der Waals surface area (Å²) in [6.07, 6.45) is 0. The number of hydrogen-bond donors (Lipinski definition) is 1. The number of aryl methyl sites for hydroxylation is 1. The number of thiazole rings is 1. The van der Waals surface area contributed by atoms with Crippen LogP contribution in [0.4, 0.5) is 5.13 Å². The summed E-state index contributed by atoms with van der Waals surface area (Å²) in [5, 5.41) is 3.04. The van der Waals surface area contributed by atoms with Crippen LogP contribution in [0.25, 0.3) is 0 Å². The van der Waals surface area contributed by atoms with Crippen molar-refractivity contribution in [3.8, 4) is 5.75 Å². The lowest BCUT2D eigenvalue weighted by Crippen LogP contribution is -2.12. The minimum absolute atomic E-state index is 0.256. The first-order valence-corrected chi connectivity index (χ1v) is 8.33. The third-order valence-corrected chi connectivity index (χ3v) is 4.15. The van der Waals surface area contributed by atoms with Gasteiger partial charge in [0.1, 0.15) is 10.6 Å². The molecule has 0 radical (unpaired) electrons. The summed E-state index contributed by atoms with van der Waals surface area (Å²) in [5.41, 5.74) is 0.931. The van der Waals surface area contributed by atoms with Gasteiger partial charge >= 0.3 is 5.97 Å². The summed E-state index contributed by atoms with van der Waals surface area (Å²) in [6.45, 7) is 5.98. The fourth-order valence-electron chi connectivity index (χ4n) is 1.94. The molecule has 2 aromatic rings. The smallest absolute Gasteiger partial charge is 0.350 e. The highest BCUT2D eigenvalue weighted by atomic mass is 32.1. The maximum atomic E-state index is 12.4. The predicted octanol–water partition coefficient (Wildman–Crippen LogP) is 3.53. The van der Waals surface area contributed by atoms with Crippen molar-refractivity contribution in [2.75, 3.05) is 19.0 Å². The molecule has 6 nitrogen and oxygen atoms in total. The molecule has 0 saturated heterocycles. The third kappa shape index (κ3) is 4.32. The largest absolute Gasteiger partial charge is 0.496 e. The average molecular weight is 348 g/mol. The molecule has 2 rings (SSSR count). The molecule has 7 heteroatoms. The summed E-state index contributed by atoms with van der Waals surface area (Å²) in [6, 6.07) is 6.90. The van der Waals surface area contributed by atoms with Crippen LogP contribution in [0, 0.1) is 12.8 Å². The maximum absolute atomic E-state index is 12.4. The summed E-state index contributed by atoms with van der Waals surface area (Å²) >= 11 is 1.10. The Labute approximate surface area is 144 Å². The van der Waals surface area contributed by atoms with E-state index in [1.54, 1.807) is 31.2 Å². The Morgan fingerprint density at radius 1 is 1.29 bits per heavy atom. The molecular formula is C17H20N2O4S. The zero-order valence-corrected chi connectivity index (χ0v) is 14.9. The van der Waals surface area contributed by atoms with Crippen LogP contribution in [0.1, 0.15) is 39.6 Å². The number of carbonyl (C=O) groups excluding carboxylic acids is 2. The SMILES string of the molecule is COc1ccccc1C(=O)Nc1nc(C)c(C(=O)OCC(C)C)s1. The number of benzene rings is 1. The Balaban J connectivity index is 2.12. The third-order valence-electron chi connectivity index (χ3n) is 3.10. The molecule has 1 aromatic heterocycles. The number of para-hydroxylation sites is 1. The van der Waals surface area contributed by atoms with Gasteiger partial charge < -0.3 is 9.47 Å². The lowest BCUT2D eigenvalue weighted by molar-refractivity contribution is 0.0463. The van der Waals surface area contributed by atoms with Gasteiger partial charge in [-0.1, -0.05) is 37.3 Å². The van der Waals surface area contributed by atoms with Gasteiger partial charge in [0.15, 0.2) is 5.13 Å². The Bertz CT molecular complexity index is 740. The van der Waals surface area contributed by atoms with Crippen molar-refractivity contribution in [1.29, 1.82) is 0 Å². The van der Waals surface area contributed by atoms with Crippen LogP contribution in [-0.4, -0.2) is 30.6 Å². The minimum Gasteiger partial charge on any atom is -0.496 e. The number of esters is 1. The quantitative estimate of drug-likeness (QED) is 0.808. The van der Waals surface area contributed by atoms with Crippen LogP contribution >= 0.6 is 11.3 Å². The van der Waals surface area contributed by atoms with Crippen molar-refractivity contribution in [2.45, 2.75) is 20.8 Å². The second-order valence-electron chi connectivity index (χ2n) is 5.58. The molecule has 1 aromatic carbocycles. The van der Waals surface area contributed by atoms with Gasteiger partial charge in [-0.3, -0.25) is 10.1 Å². The first-order chi connectivity index (χ1) is 11.4. The van der Waals surface area contributed by atoms with Crippen LogP contribution in [0.15, 0.2) is 24.3 Å². The van der Waals surface area contributed by atoms with E-state index in [-0.39, 0.29) is 11.8 Å². The number of aromatic nitrogens is 1. The summed E-state index contributed by atoms with van der Waals surface area (Å²) in [7, 11) is 1.50. The van der Waals surface area contributed by atoms with E-state index >= 15 is 0 Å². The number of ether oxygens (including phenoxy) is 2. The summed E-state index contributed by atoms with van der Waals surface area (Å²) in [5.74, 6) is -0.0356. The van der Waals surface area contributed by atoms with E-state index in [1.165, 1.54) is 7.11 Å². The molecule has 0 aliphatic rings. The Kier molecular flexibility index (Phi) is 5.92. The van der Waals surface area contributed by atoms with E-state index in [0.29, 0.717) is 33.6 Å². The number of nitrogens with one attached hydrogen (secondary N) is 1. The monoisotopic (exact) mass is 348 g/mol. The summed E-state index contributed by atoms with van der Waals surface area (Å²) < 4.78 is 10.4. The molecule has 0 fully saturated rings. The number of hydrogen-bond acceptors (Lipinski definition) is 6. The molecule has 0 saturated carbocycles. The van der Waals surface area contributed by atoms with Gasteiger partial charge in [-0.2, -0.15) is 0 Å². The van der Waals surface area contributed by atoms with Crippen molar-refractivity contribution < 1.29 is 19.1 Å². The predicted molar refractivity (Wildman–Crippen MR) is 92.9 cm³/mol. The second-order valence-corrected chi connectivity index (χ2v) is 6.58. The van der Waals surface area contributed by atoms with Crippen molar-refractivity contribution in [2.24, 2.45) is 5.92 Å². The van der Waals surface area contributed by atoms with Crippen LogP contribution in [-0.2, 0) is 4.74 Å². The van der Waals surface area contributed by atoms with Gasteiger partial charge in [0.05, 0.1) is 25.0 Å². The maximum Gasteiger partial charge on any atom is 0.350 e. The van der Waals surface area contributed by atoms with Gasteiger partial charge in [0.2, 0.25) is 0 Å². The molecule has 0 atom stereocenters. The highest BCUT2D eigenvalue weighted by Gasteiger charge is 2.19. The van der Waals surface area contributed by atoms with Gasteiger partial charge in [-0.25, -0.2) is 9.78 Å². The molecule has 1 amide bonds. The van der Waals surface area contributed by atoms with Crippen molar-refractivity contribution in [3.63, 3.8) is 0 Å². The van der Waals surface area contributed by atoms with E-state index < -0.39 is 5.97 Å². The molecule has 0 unspecified atom stereocenters. The van der Waals surface area contributed by atoms with Crippen LogP contribution < -0.4 is 10.1 Å². The number of methoxy groups -OCH3 is 1. The first-order valence-electron chi connectivity index (χ1n) is 7.51.